The first kappa shape index (κ1) is 25.4. The molecule has 0 spiro atoms. The van der Waals surface area contributed by atoms with Gasteiger partial charge in [-0.25, -0.2) is 15.0 Å². The van der Waals surface area contributed by atoms with Crippen molar-refractivity contribution in [2.45, 2.75) is 30.6 Å². The molecule has 5 rings (SSSR count). The van der Waals surface area contributed by atoms with Crippen LogP contribution in [0.1, 0.15) is 30.7 Å². The monoisotopic (exact) mass is 526 g/mol. The summed E-state index contributed by atoms with van der Waals surface area (Å²) < 4.78 is 0. The molecule has 8 nitrogen and oxygen atoms in total. The van der Waals surface area contributed by atoms with Gasteiger partial charge >= 0.3 is 0 Å². The van der Waals surface area contributed by atoms with E-state index in [0.29, 0.717) is 42.0 Å². The number of pyridine rings is 1. The summed E-state index contributed by atoms with van der Waals surface area (Å²) in [5, 5.41) is 6.13. The zero-order valence-electron chi connectivity index (χ0n) is 20.6. The van der Waals surface area contributed by atoms with Gasteiger partial charge in [-0.2, -0.15) is 0 Å². The molecule has 3 unspecified atom stereocenters. The second-order valence-corrected chi connectivity index (χ2v) is 9.88. The number of anilines is 3. The molecule has 0 aliphatic heterocycles. The third-order valence-electron chi connectivity index (χ3n) is 6.95. The summed E-state index contributed by atoms with van der Waals surface area (Å²) in [5.74, 6) is -0.110. The number of carbonyl (C=O) groups is 2. The van der Waals surface area contributed by atoms with Crippen LogP contribution in [0.3, 0.4) is 0 Å². The van der Waals surface area contributed by atoms with Crippen molar-refractivity contribution < 1.29 is 9.59 Å². The molecule has 1 aliphatic carbocycles. The number of hydrogen-bond acceptors (Lipinski definition) is 6. The van der Waals surface area contributed by atoms with Crippen molar-refractivity contribution in [3.63, 3.8) is 0 Å². The molecule has 192 valence electrons. The Morgan fingerprint density at radius 2 is 1.95 bits per heavy atom. The largest absolute Gasteiger partial charge is 0.398 e. The lowest BCUT2D eigenvalue weighted by atomic mass is 9.76. The fourth-order valence-electron chi connectivity index (χ4n) is 5.05. The van der Waals surface area contributed by atoms with Crippen molar-refractivity contribution in [1.82, 2.24) is 15.0 Å². The Bertz CT molecular complexity index is 1510. The molecule has 1 aliphatic rings. The van der Waals surface area contributed by atoms with Crippen LogP contribution < -0.4 is 16.4 Å². The van der Waals surface area contributed by atoms with E-state index in [1.807, 2.05) is 36.4 Å². The van der Waals surface area contributed by atoms with Crippen LogP contribution in [0.4, 0.5) is 17.2 Å². The first-order valence-corrected chi connectivity index (χ1v) is 12.8. The highest BCUT2D eigenvalue weighted by Crippen LogP contribution is 2.45. The average molecular weight is 527 g/mol. The van der Waals surface area contributed by atoms with Crippen molar-refractivity contribution in [3.8, 4) is 11.1 Å². The van der Waals surface area contributed by atoms with E-state index in [-0.39, 0.29) is 29.0 Å². The van der Waals surface area contributed by atoms with E-state index < -0.39 is 0 Å². The lowest BCUT2D eigenvalue weighted by Gasteiger charge is -2.33. The SMILES string of the molecule is C=CC(=O)Nc1cccc(-c2cc(C3CCC(C(=O)Nc4ccccn4)CC3Cl)c(N)c3cncnc23)c1. The minimum atomic E-state index is -0.293. The van der Waals surface area contributed by atoms with Crippen molar-refractivity contribution in [2.75, 3.05) is 16.4 Å². The van der Waals surface area contributed by atoms with Crippen LogP contribution in [-0.2, 0) is 9.59 Å². The molecule has 2 heterocycles. The number of alkyl halides is 1. The molecule has 0 radical (unpaired) electrons. The van der Waals surface area contributed by atoms with Gasteiger partial charge < -0.3 is 16.4 Å². The number of rotatable bonds is 6. The topological polar surface area (TPSA) is 123 Å². The lowest BCUT2D eigenvalue weighted by molar-refractivity contribution is -0.120. The van der Waals surface area contributed by atoms with E-state index in [0.717, 1.165) is 22.1 Å². The first-order valence-electron chi connectivity index (χ1n) is 12.4. The summed E-state index contributed by atoms with van der Waals surface area (Å²) in [4.78, 5) is 37.6. The Hall–Kier alpha value is -4.30. The van der Waals surface area contributed by atoms with E-state index in [9.17, 15) is 9.59 Å². The molecule has 9 heteroatoms. The smallest absolute Gasteiger partial charge is 0.247 e. The Kier molecular flexibility index (Phi) is 7.33. The van der Waals surface area contributed by atoms with Crippen molar-refractivity contribution in [1.29, 1.82) is 0 Å². The molecule has 1 saturated carbocycles. The number of halogens is 1. The van der Waals surface area contributed by atoms with Crippen LogP contribution in [-0.4, -0.2) is 32.1 Å². The Labute approximate surface area is 225 Å². The highest BCUT2D eigenvalue weighted by Gasteiger charge is 2.35. The number of hydrogen-bond donors (Lipinski definition) is 3. The number of nitrogens with one attached hydrogen (secondary N) is 2. The summed E-state index contributed by atoms with van der Waals surface area (Å²) >= 11 is 6.94. The number of benzene rings is 2. The number of carbonyl (C=O) groups excluding carboxylic acids is 2. The van der Waals surface area contributed by atoms with Gasteiger partial charge in [-0.3, -0.25) is 9.59 Å². The molecule has 2 amide bonds. The van der Waals surface area contributed by atoms with Gasteiger partial charge in [0.1, 0.15) is 12.1 Å². The number of nitrogen functional groups attached to an aromatic ring is 1. The van der Waals surface area contributed by atoms with Crippen LogP contribution in [0.2, 0.25) is 0 Å². The maximum atomic E-state index is 12.9. The molecular weight excluding hydrogens is 500 g/mol. The van der Waals surface area contributed by atoms with Gasteiger partial charge in [0.15, 0.2) is 0 Å². The zero-order chi connectivity index (χ0) is 26.6. The molecule has 3 atom stereocenters. The van der Waals surface area contributed by atoms with Crippen LogP contribution >= 0.6 is 11.6 Å². The van der Waals surface area contributed by atoms with Gasteiger partial charge in [0, 0.05) is 51.9 Å². The molecule has 0 bridgehead atoms. The maximum absolute atomic E-state index is 12.9. The molecule has 2 aromatic heterocycles. The van der Waals surface area contributed by atoms with Gasteiger partial charge in [-0.1, -0.05) is 24.8 Å². The van der Waals surface area contributed by atoms with Gasteiger partial charge in [-0.15, -0.1) is 11.6 Å². The fourth-order valence-corrected chi connectivity index (χ4v) is 5.53. The van der Waals surface area contributed by atoms with E-state index in [1.165, 1.54) is 12.4 Å². The minimum absolute atomic E-state index is 0.0532. The summed E-state index contributed by atoms with van der Waals surface area (Å²) in [5.41, 5.74) is 11.3. The number of aromatic nitrogens is 3. The van der Waals surface area contributed by atoms with Crippen LogP contribution in [0.5, 0.6) is 0 Å². The average Bonchev–Trinajstić information content (AvgIpc) is 2.94. The quantitative estimate of drug-likeness (QED) is 0.172. The normalized spacial score (nSPS) is 19.0. The molecule has 38 heavy (non-hydrogen) atoms. The predicted octanol–water partition coefficient (Wildman–Crippen LogP) is 5.53. The molecule has 0 saturated heterocycles. The van der Waals surface area contributed by atoms with E-state index in [4.69, 9.17) is 17.3 Å². The van der Waals surface area contributed by atoms with Gasteiger partial charge in [-0.05, 0) is 66.8 Å². The summed E-state index contributed by atoms with van der Waals surface area (Å²) in [6.45, 7) is 3.51. The van der Waals surface area contributed by atoms with Crippen molar-refractivity contribution in [2.24, 2.45) is 5.92 Å². The van der Waals surface area contributed by atoms with Crippen LogP contribution in [0.15, 0.2) is 79.9 Å². The highest BCUT2D eigenvalue weighted by molar-refractivity contribution is 6.21. The highest BCUT2D eigenvalue weighted by atomic mass is 35.5. The summed E-state index contributed by atoms with van der Waals surface area (Å²) in [6, 6.07) is 14.9. The van der Waals surface area contributed by atoms with Crippen molar-refractivity contribution >= 4 is 51.5 Å². The first-order chi connectivity index (χ1) is 18.4. The van der Waals surface area contributed by atoms with E-state index >= 15 is 0 Å². The number of fused-ring (bicyclic) bond motifs is 1. The van der Waals surface area contributed by atoms with Gasteiger partial charge in [0.2, 0.25) is 11.8 Å². The number of nitrogens with zero attached hydrogens (tertiary/aromatic N) is 3. The summed E-state index contributed by atoms with van der Waals surface area (Å²) in [7, 11) is 0. The second kappa shape index (κ2) is 11.0. The molecule has 1 fully saturated rings. The summed E-state index contributed by atoms with van der Waals surface area (Å²) in [6.07, 6.45) is 7.97. The minimum Gasteiger partial charge on any atom is -0.398 e. The van der Waals surface area contributed by atoms with Crippen LogP contribution in [0.25, 0.3) is 22.0 Å². The fraction of sp³-hybridized carbons (Fsp3) is 0.207. The van der Waals surface area contributed by atoms with Gasteiger partial charge in [0.25, 0.3) is 0 Å². The lowest BCUT2D eigenvalue weighted by Crippen LogP contribution is -2.32. The molecular formula is C29H27ClN6O2. The third-order valence-corrected chi connectivity index (χ3v) is 7.44. The Balaban J connectivity index is 1.46. The second-order valence-electron chi connectivity index (χ2n) is 9.32. The van der Waals surface area contributed by atoms with Crippen molar-refractivity contribution in [3.05, 3.63) is 85.5 Å². The number of amides is 2. The zero-order valence-corrected chi connectivity index (χ0v) is 21.4. The Morgan fingerprint density at radius 3 is 2.71 bits per heavy atom. The Morgan fingerprint density at radius 1 is 1.08 bits per heavy atom. The van der Waals surface area contributed by atoms with Crippen LogP contribution in [0, 0.1) is 5.92 Å². The van der Waals surface area contributed by atoms with Gasteiger partial charge in [0.05, 0.1) is 5.52 Å². The third kappa shape index (κ3) is 5.21. The molecule has 4 aromatic rings. The standard InChI is InChI=1S/C29H27ClN6O2/c1-2-26(37)35-19-7-5-6-17(12-19)21-14-22(27(31)23-15-32-16-34-28(21)23)20-10-9-18(13-24(20)30)29(38)36-25-8-3-4-11-33-25/h2-8,11-12,14-16,18,20,24H,1,9-10,13,31H2,(H,35,37)(H,33,36,38). The number of nitrogens with two attached hydrogens (primary N) is 1. The van der Waals surface area contributed by atoms with E-state index in [2.05, 4.69) is 32.2 Å². The molecule has 4 N–H and O–H groups in total. The predicted molar refractivity (Wildman–Crippen MR) is 151 cm³/mol. The van der Waals surface area contributed by atoms with E-state index in [1.54, 1.807) is 24.5 Å². The maximum Gasteiger partial charge on any atom is 0.247 e. The molecule has 2 aromatic carbocycles.